The molecule has 2 heterocycles. The molecule has 1 aliphatic carbocycles. The minimum absolute atomic E-state index is 0.000921. The fraction of sp³-hybridized carbons (Fsp3) is 0.500. The first-order valence-corrected chi connectivity index (χ1v) is 8.43. The first kappa shape index (κ1) is 16.5. The maximum Gasteiger partial charge on any atom is 0.331 e. The number of likely N-dealkylation sites (N-methyl/N-ethyl adjacent to an activating group) is 1. The number of carbonyl (C=O) groups is 3. The molecule has 0 unspecified atom stereocenters. The number of rotatable bonds is 2. The summed E-state index contributed by atoms with van der Waals surface area (Å²) in [6.45, 7) is 4.08. The molecule has 6 nitrogen and oxygen atoms in total. The van der Waals surface area contributed by atoms with Crippen LogP contribution in [-0.2, 0) is 9.59 Å². The fourth-order valence-corrected chi connectivity index (χ4v) is 3.75. The summed E-state index contributed by atoms with van der Waals surface area (Å²) in [7, 11) is 1.36. The van der Waals surface area contributed by atoms with Crippen molar-refractivity contribution in [2.24, 2.45) is 0 Å². The van der Waals surface area contributed by atoms with Crippen molar-refractivity contribution < 1.29 is 14.4 Å². The first-order valence-electron chi connectivity index (χ1n) is 8.43. The number of amides is 4. The van der Waals surface area contributed by atoms with Gasteiger partial charge in [-0.15, -0.1) is 0 Å². The Hall–Kier alpha value is -2.37. The summed E-state index contributed by atoms with van der Waals surface area (Å²) in [5.74, 6) is -1.20. The Morgan fingerprint density at radius 1 is 1.12 bits per heavy atom. The minimum Gasteiger partial charge on any atom is -0.346 e. The van der Waals surface area contributed by atoms with E-state index in [4.69, 9.17) is 0 Å². The van der Waals surface area contributed by atoms with Gasteiger partial charge in [0.2, 0.25) is 0 Å². The normalized spacial score (nSPS) is 21.5. The van der Waals surface area contributed by atoms with Crippen molar-refractivity contribution in [2.75, 3.05) is 7.05 Å². The molecule has 1 N–H and O–H groups in total. The van der Waals surface area contributed by atoms with Gasteiger partial charge in [-0.2, -0.15) is 0 Å². The van der Waals surface area contributed by atoms with E-state index in [2.05, 4.69) is 16.8 Å². The molecule has 0 radical (unpaired) electrons. The molecule has 128 valence electrons. The van der Waals surface area contributed by atoms with E-state index in [0.717, 1.165) is 21.9 Å². The number of hydrogen-bond acceptors (Lipinski definition) is 3. The number of imide groups is 2. The van der Waals surface area contributed by atoms with Crippen LogP contribution in [0.4, 0.5) is 4.79 Å². The lowest BCUT2D eigenvalue weighted by atomic mass is 9.95. The Labute approximate surface area is 141 Å². The molecule has 2 aliphatic rings. The van der Waals surface area contributed by atoms with Gasteiger partial charge in [0.25, 0.3) is 11.8 Å². The van der Waals surface area contributed by atoms with E-state index < -0.39 is 17.8 Å². The number of hydrogen-bond donors (Lipinski definition) is 1. The fourth-order valence-electron chi connectivity index (χ4n) is 3.75. The lowest BCUT2D eigenvalue weighted by Gasteiger charge is -2.26. The zero-order valence-corrected chi connectivity index (χ0v) is 14.4. The van der Waals surface area contributed by atoms with Crippen molar-refractivity contribution in [3.05, 3.63) is 28.6 Å². The van der Waals surface area contributed by atoms with Crippen molar-refractivity contribution in [1.29, 1.82) is 0 Å². The molecule has 1 saturated carbocycles. The van der Waals surface area contributed by atoms with Crippen LogP contribution >= 0.6 is 0 Å². The second kappa shape index (κ2) is 6.26. The average Bonchev–Trinajstić information content (AvgIpc) is 2.84. The van der Waals surface area contributed by atoms with Crippen LogP contribution < -0.4 is 5.32 Å². The van der Waals surface area contributed by atoms with Crippen molar-refractivity contribution in [2.45, 2.75) is 52.0 Å². The second-order valence-electron chi connectivity index (χ2n) is 6.67. The van der Waals surface area contributed by atoms with Gasteiger partial charge in [-0.05, 0) is 44.4 Å². The molecule has 0 atom stereocenters. The molecule has 2 fully saturated rings. The third-order valence-electron chi connectivity index (χ3n) is 5.07. The molecule has 3 rings (SSSR count). The first-order chi connectivity index (χ1) is 11.4. The van der Waals surface area contributed by atoms with Gasteiger partial charge in [0, 0.05) is 24.5 Å². The molecular formula is C18H23N3O3. The Morgan fingerprint density at radius 2 is 1.79 bits per heavy atom. The summed E-state index contributed by atoms with van der Waals surface area (Å²) in [5.41, 5.74) is 3.06. The van der Waals surface area contributed by atoms with Crippen LogP contribution in [0.15, 0.2) is 11.6 Å². The van der Waals surface area contributed by atoms with Gasteiger partial charge < -0.3 is 4.57 Å². The zero-order valence-electron chi connectivity index (χ0n) is 14.4. The highest BCUT2D eigenvalue weighted by Crippen LogP contribution is 2.32. The molecule has 24 heavy (non-hydrogen) atoms. The average molecular weight is 329 g/mol. The summed E-state index contributed by atoms with van der Waals surface area (Å²) in [6.07, 6.45) is 7.72. The van der Waals surface area contributed by atoms with Crippen LogP contribution in [0.2, 0.25) is 0 Å². The van der Waals surface area contributed by atoms with Crippen LogP contribution in [0.1, 0.15) is 55.1 Å². The van der Waals surface area contributed by atoms with Crippen LogP contribution in [0.3, 0.4) is 0 Å². The van der Waals surface area contributed by atoms with E-state index in [1.165, 1.54) is 39.2 Å². The molecule has 1 aromatic rings. The number of aryl methyl sites for hydroxylation is 1. The maximum atomic E-state index is 12.2. The van der Waals surface area contributed by atoms with Crippen molar-refractivity contribution in [1.82, 2.24) is 14.8 Å². The van der Waals surface area contributed by atoms with E-state index in [1.54, 1.807) is 6.08 Å². The SMILES string of the molecule is Cc1cc(/C=C2\C(=O)NC(=O)N(C)C2=O)c(C)n1C1CCCCC1. The number of carbonyl (C=O) groups excluding carboxylic acids is 3. The summed E-state index contributed by atoms with van der Waals surface area (Å²) in [4.78, 5) is 36.7. The topological polar surface area (TPSA) is 71.4 Å². The molecule has 1 saturated heterocycles. The number of barbiturate groups is 1. The Morgan fingerprint density at radius 3 is 2.46 bits per heavy atom. The largest absolute Gasteiger partial charge is 0.346 e. The lowest BCUT2D eigenvalue weighted by Crippen LogP contribution is -2.52. The van der Waals surface area contributed by atoms with Crippen LogP contribution in [0.25, 0.3) is 6.08 Å². The highest BCUT2D eigenvalue weighted by Gasteiger charge is 2.33. The second-order valence-corrected chi connectivity index (χ2v) is 6.67. The molecule has 0 aromatic carbocycles. The Bertz CT molecular complexity index is 739. The number of aromatic nitrogens is 1. The number of nitrogens with one attached hydrogen (secondary N) is 1. The highest BCUT2D eigenvalue weighted by molar-refractivity contribution is 6.30. The van der Waals surface area contributed by atoms with Gasteiger partial charge in [0.15, 0.2) is 0 Å². The standard InChI is InChI=1S/C18H23N3O3/c1-11-9-13(12(2)21(11)14-7-5-4-6-8-14)10-15-16(22)19-18(24)20(3)17(15)23/h9-10,14H,4-8H2,1-3H3,(H,19,22,24)/b15-10+. The van der Waals surface area contributed by atoms with E-state index >= 15 is 0 Å². The summed E-state index contributed by atoms with van der Waals surface area (Å²) in [5, 5.41) is 2.19. The molecule has 0 spiro atoms. The minimum atomic E-state index is -0.685. The van der Waals surface area contributed by atoms with Gasteiger partial charge in [-0.1, -0.05) is 19.3 Å². The number of nitrogens with zero attached hydrogens (tertiary/aromatic N) is 2. The predicted octanol–water partition coefficient (Wildman–Crippen LogP) is 2.70. The van der Waals surface area contributed by atoms with Crippen LogP contribution in [0.5, 0.6) is 0 Å². The molecule has 1 aliphatic heterocycles. The van der Waals surface area contributed by atoms with E-state index in [9.17, 15) is 14.4 Å². The van der Waals surface area contributed by atoms with Gasteiger partial charge in [0.1, 0.15) is 5.57 Å². The van der Waals surface area contributed by atoms with Crippen LogP contribution in [-0.4, -0.2) is 34.4 Å². The Balaban J connectivity index is 1.97. The number of urea groups is 1. The van der Waals surface area contributed by atoms with Crippen LogP contribution in [0, 0.1) is 13.8 Å². The quantitative estimate of drug-likeness (QED) is 0.670. The van der Waals surface area contributed by atoms with E-state index in [1.807, 2.05) is 13.0 Å². The van der Waals surface area contributed by atoms with Crippen molar-refractivity contribution >= 4 is 23.9 Å². The smallest absolute Gasteiger partial charge is 0.331 e. The van der Waals surface area contributed by atoms with Crippen molar-refractivity contribution in [3.8, 4) is 0 Å². The highest BCUT2D eigenvalue weighted by atomic mass is 16.2. The third kappa shape index (κ3) is 2.77. The lowest BCUT2D eigenvalue weighted by molar-refractivity contribution is -0.129. The van der Waals surface area contributed by atoms with Gasteiger partial charge in [-0.25, -0.2) is 4.79 Å². The third-order valence-corrected chi connectivity index (χ3v) is 5.07. The maximum absolute atomic E-state index is 12.2. The van der Waals surface area contributed by atoms with E-state index in [0.29, 0.717) is 6.04 Å². The van der Waals surface area contributed by atoms with E-state index in [-0.39, 0.29) is 5.57 Å². The summed E-state index contributed by atoms with van der Waals surface area (Å²) >= 11 is 0. The van der Waals surface area contributed by atoms with Crippen molar-refractivity contribution in [3.63, 3.8) is 0 Å². The summed E-state index contributed by atoms with van der Waals surface area (Å²) in [6, 6.07) is 1.81. The predicted molar refractivity (Wildman–Crippen MR) is 90.3 cm³/mol. The molecule has 6 heteroatoms. The molecule has 1 aromatic heterocycles. The molecule has 0 bridgehead atoms. The van der Waals surface area contributed by atoms with Gasteiger partial charge in [0.05, 0.1) is 0 Å². The monoisotopic (exact) mass is 329 g/mol. The molecule has 4 amide bonds. The van der Waals surface area contributed by atoms with Gasteiger partial charge in [-0.3, -0.25) is 19.8 Å². The zero-order chi connectivity index (χ0) is 17.4. The summed E-state index contributed by atoms with van der Waals surface area (Å²) < 4.78 is 2.33. The Kier molecular flexibility index (Phi) is 4.30. The molecular weight excluding hydrogens is 306 g/mol. The van der Waals surface area contributed by atoms with Gasteiger partial charge >= 0.3 is 6.03 Å².